The SMILES string of the molecule is Cn1cc(S(=O)(=O)N2CCC(Nc3ncc4c(n3)n(C3CCCC3)c(=O)n4CCCO)CC2)cn1. The molecule has 3 aromatic rings. The van der Waals surface area contributed by atoms with Gasteiger partial charge in [-0.2, -0.15) is 14.4 Å². The molecule has 5 rings (SSSR count). The van der Waals surface area contributed by atoms with Gasteiger partial charge in [0.1, 0.15) is 10.4 Å². The number of fused-ring (bicyclic) bond motifs is 1. The quantitative estimate of drug-likeness (QED) is 0.465. The Morgan fingerprint density at radius 1 is 1.14 bits per heavy atom. The molecule has 35 heavy (non-hydrogen) atoms. The average molecular weight is 505 g/mol. The molecule has 0 spiro atoms. The fourth-order valence-electron chi connectivity index (χ4n) is 5.17. The van der Waals surface area contributed by atoms with E-state index in [0.29, 0.717) is 56.0 Å². The number of piperidine rings is 1. The van der Waals surface area contributed by atoms with E-state index in [0.717, 1.165) is 25.7 Å². The van der Waals surface area contributed by atoms with Crippen molar-refractivity contribution in [3.63, 3.8) is 0 Å². The molecule has 1 saturated heterocycles. The minimum atomic E-state index is -3.56. The van der Waals surface area contributed by atoms with E-state index < -0.39 is 10.0 Å². The maximum atomic E-state index is 13.2. The number of rotatable bonds is 8. The fourth-order valence-corrected chi connectivity index (χ4v) is 6.62. The topological polar surface area (TPSA) is 140 Å². The second-order valence-corrected chi connectivity index (χ2v) is 11.3. The second kappa shape index (κ2) is 9.70. The Labute approximate surface area is 203 Å². The number of aliphatic hydroxyl groups is 1. The zero-order valence-electron chi connectivity index (χ0n) is 19.9. The van der Waals surface area contributed by atoms with Gasteiger partial charge in [0.05, 0.1) is 12.4 Å². The number of anilines is 1. The molecular formula is C22H32N8O4S. The molecule has 0 radical (unpaired) electrons. The maximum absolute atomic E-state index is 13.2. The predicted molar refractivity (Wildman–Crippen MR) is 130 cm³/mol. The summed E-state index contributed by atoms with van der Waals surface area (Å²) in [5.41, 5.74) is 1.20. The number of aliphatic hydroxyl groups excluding tert-OH is 1. The van der Waals surface area contributed by atoms with Crippen LogP contribution in [0.3, 0.4) is 0 Å². The lowest BCUT2D eigenvalue weighted by atomic mass is 10.1. The van der Waals surface area contributed by atoms with Crippen LogP contribution < -0.4 is 11.0 Å². The van der Waals surface area contributed by atoms with Crippen molar-refractivity contribution in [2.75, 3.05) is 25.0 Å². The number of imidazole rings is 1. The molecule has 2 N–H and O–H groups in total. The summed E-state index contributed by atoms with van der Waals surface area (Å²) in [6, 6.07) is 0.153. The van der Waals surface area contributed by atoms with Crippen LogP contribution in [0.4, 0.5) is 5.95 Å². The van der Waals surface area contributed by atoms with E-state index in [1.54, 1.807) is 22.4 Å². The zero-order valence-corrected chi connectivity index (χ0v) is 20.7. The van der Waals surface area contributed by atoms with Gasteiger partial charge in [0, 0.05) is 51.6 Å². The van der Waals surface area contributed by atoms with Crippen molar-refractivity contribution in [1.82, 2.24) is 33.2 Å². The Morgan fingerprint density at radius 3 is 2.54 bits per heavy atom. The highest BCUT2D eigenvalue weighted by molar-refractivity contribution is 7.89. The highest BCUT2D eigenvalue weighted by Crippen LogP contribution is 2.31. The first kappa shape index (κ1) is 23.9. The van der Waals surface area contributed by atoms with Crippen LogP contribution in [0.5, 0.6) is 0 Å². The third kappa shape index (κ3) is 4.59. The lowest BCUT2D eigenvalue weighted by Crippen LogP contribution is -2.42. The summed E-state index contributed by atoms with van der Waals surface area (Å²) in [6.07, 6.45) is 10.4. The smallest absolute Gasteiger partial charge is 0.330 e. The number of nitrogens with zero attached hydrogens (tertiary/aromatic N) is 7. The highest BCUT2D eigenvalue weighted by atomic mass is 32.2. The van der Waals surface area contributed by atoms with Crippen molar-refractivity contribution in [3.05, 3.63) is 29.1 Å². The van der Waals surface area contributed by atoms with Gasteiger partial charge >= 0.3 is 5.69 Å². The van der Waals surface area contributed by atoms with Crippen molar-refractivity contribution >= 4 is 27.1 Å². The molecule has 0 amide bonds. The summed E-state index contributed by atoms with van der Waals surface area (Å²) in [6.45, 7) is 1.21. The molecule has 2 fully saturated rings. The van der Waals surface area contributed by atoms with E-state index in [1.807, 2.05) is 0 Å². The Hall–Kier alpha value is -2.77. The van der Waals surface area contributed by atoms with Gasteiger partial charge < -0.3 is 10.4 Å². The van der Waals surface area contributed by atoms with E-state index in [-0.39, 0.29) is 29.3 Å². The van der Waals surface area contributed by atoms with Gasteiger partial charge in [-0.1, -0.05) is 12.8 Å². The van der Waals surface area contributed by atoms with Gasteiger partial charge in [0.15, 0.2) is 5.65 Å². The van der Waals surface area contributed by atoms with Gasteiger partial charge in [-0.05, 0) is 32.1 Å². The average Bonchev–Trinajstić information content (AvgIpc) is 3.58. The standard InChI is InChI=1S/C22H32N8O4S/c1-27-15-18(13-24-27)35(33,34)28-10-7-16(8-11-28)25-21-23-14-19-20(26-21)30(17-5-2-3-6-17)22(32)29(19)9-4-12-31/h13-17,31H,2-12H2,1H3,(H,23,25,26). The van der Waals surface area contributed by atoms with Gasteiger partial charge in [-0.15, -0.1) is 0 Å². The van der Waals surface area contributed by atoms with E-state index in [9.17, 15) is 18.3 Å². The summed E-state index contributed by atoms with van der Waals surface area (Å²) in [5, 5.41) is 16.6. The monoisotopic (exact) mass is 504 g/mol. The van der Waals surface area contributed by atoms with Crippen molar-refractivity contribution in [1.29, 1.82) is 0 Å². The van der Waals surface area contributed by atoms with Crippen LogP contribution in [0.1, 0.15) is 51.0 Å². The van der Waals surface area contributed by atoms with E-state index >= 15 is 0 Å². The number of hydrogen-bond donors (Lipinski definition) is 2. The first-order valence-electron chi connectivity index (χ1n) is 12.2. The third-order valence-electron chi connectivity index (χ3n) is 7.04. The Bertz CT molecular complexity index is 1350. The number of nitrogens with one attached hydrogen (secondary N) is 1. The van der Waals surface area contributed by atoms with Crippen LogP contribution in [-0.4, -0.2) is 72.5 Å². The van der Waals surface area contributed by atoms with Gasteiger partial charge in [0.25, 0.3) is 0 Å². The largest absolute Gasteiger partial charge is 0.396 e. The number of aryl methyl sites for hydroxylation is 2. The summed E-state index contributed by atoms with van der Waals surface area (Å²) in [7, 11) is -1.87. The molecule has 0 unspecified atom stereocenters. The van der Waals surface area contributed by atoms with Crippen LogP contribution >= 0.6 is 0 Å². The summed E-state index contributed by atoms with van der Waals surface area (Å²) < 4.78 is 32.2. The number of aromatic nitrogens is 6. The molecule has 1 aliphatic carbocycles. The summed E-state index contributed by atoms with van der Waals surface area (Å²) >= 11 is 0. The number of sulfonamides is 1. The molecule has 0 aromatic carbocycles. The van der Waals surface area contributed by atoms with Crippen molar-refractivity contribution in [3.8, 4) is 0 Å². The molecule has 190 valence electrons. The second-order valence-electron chi connectivity index (χ2n) is 9.39. The van der Waals surface area contributed by atoms with Crippen LogP contribution in [0, 0.1) is 0 Å². The molecule has 2 aliphatic rings. The van der Waals surface area contributed by atoms with E-state index in [4.69, 9.17) is 4.98 Å². The Morgan fingerprint density at radius 2 is 1.89 bits per heavy atom. The van der Waals surface area contributed by atoms with Gasteiger partial charge in [0.2, 0.25) is 16.0 Å². The minimum absolute atomic E-state index is 0.0121. The van der Waals surface area contributed by atoms with Crippen molar-refractivity contribution < 1.29 is 13.5 Å². The molecule has 0 bridgehead atoms. The van der Waals surface area contributed by atoms with Gasteiger partial charge in [-0.3, -0.25) is 13.8 Å². The number of hydrogen-bond acceptors (Lipinski definition) is 8. The van der Waals surface area contributed by atoms with Gasteiger partial charge in [-0.25, -0.2) is 18.2 Å². The molecule has 3 aromatic heterocycles. The van der Waals surface area contributed by atoms with Crippen LogP contribution in [0.15, 0.2) is 28.3 Å². The molecular weight excluding hydrogens is 472 g/mol. The Kier molecular flexibility index (Phi) is 6.64. The minimum Gasteiger partial charge on any atom is -0.396 e. The normalized spacial score (nSPS) is 18.6. The van der Waals surface area contributed by atoms with Crippen LogP contribution in [0.25, 0.3) is 11.2 Å². The maximum Gasteiger partial charge on any atom is 0.330 e. The first-order chi connectivity index (χ1) is 16.9. The lowest BCUT2D eigenvalue weighted by Gasteiger charge is -2.31. The highest BCUT2D eigenvalue weighted by Gasteiger charge is 2.31. The van der Waals surface area contributed by atoms with Crippen LogP contribution in [-0.2, 0) is 23.6 Å². The zero-order chi connectivity index (χ0) is 24.6. The molecule has 1 aliphatic heterocycles. The summed E-state index contributed by atoms with van der Waals surface area (Å²) in [4.78, 5) is 22.6. The lowest BCUT2D eigenvalue weighted by molar-refractivity contribution is 0.279. The molecule has 1 saturated carbocycles. The predicted octanol–water partition coefficient (Wildman–Crippen LogP) is 1.09. The Balaban J connectivity index is 1.34. The van der Waals surface area contributed by atoms with Crippen molar-refractivity contribution in [2.24, 2.45) is 7.05 Å². The third-order valence-corrected chi connectivity index (χ3v) is 8.89. The van der Waals surface area contributed by atoms with E-state index in [1.165, 1.54) is 21.4 Å². The van der Waals surface area contributed by atoms with Crippen LogP contribution in [0.2, 0.25) is 0 Å². The molecule has 13 heteroatoms. The molecule has 12 nitrogen and oxygen atoms in total. The molecule has 0 atom stereocenters. The summed E-state index contributed by atoms with van der Waals surface area (Å²) in [5.74, 6) is 0.442. The van der Waals surface area contributed by atoms with E-state index in [2.05, 4.69) is 15.4 Å². The first-order valence-corrected chi connectivity index (χ1v) is 13.7. The fraction of sp³-hybridized carbons (Fsp3) is 0.636. The molecule has 4 heterocycles. The van der Waals surface area contributed by atoms with Crippen molar-refractivity contribution in [2.45, 2.75) is 68.5 Å².